The number of benzene rings is 1. The van der Waals surface area contributed by atoms with E-state index >= 15 is 0 Å². The van der Waals surface area contributed by atoms with Crippen LogP contribution in [0.25, 0.3) is 0 Å². The molecule has 0 saturated heterocycles. The quantitative estimate of drug-likeness (QED) is 0.766. The molecule has 0 aliphatic heterocycles. The summed E-state index contributed by atoms with van der Waals surface area (Å²) in [5.74, 6) is 5.81. The van der Waals surface area contributed by atoms with Crippen LogP contribution in [0.5, 0.6) is 0 Å². The SMILES string of the molecule is CC#Cc1ccc(NC(=O)OC(C)(C)C)c(C)c1. The van der Waals surface area contributed by atoms with E-state index in [0.717, 1.165) is 16.8 Å². The van der Waals surface area contributed by atoms with Gasteiger partial charge in [-0.3, -0.25) is 5.32 Å². The number of rotatable bonds is 1. The molecular weight excluding hydrogens is 226 g/mol. The van der Waals surface area contributed by atoms with Crippen molar-refractivity contribution in [2.75, 3.05) is 5.32 Å². The zero-order chi connectivity index (χ0) is 13.8. The van der Waals surface area contributed by atoms with Gasteiger partial charge in [-0.15, -0.1) is 5.92 Å². The maximum atomic E-state index is 11.6. The summed E-state index contributed by atoms with van der Waals surface area (Å²) in [6.45, 7) is 9.22. The van der Waals surface area contributed by atoms with E-state index in [1.807, 2.05) is 45.9 Å². The van der Waals surface area contributed by atoms with E-state index in [0.29, 0.717) is 0 Å². The van der Waals surface area contributed by atoms with E-state index in [9.17, 15) is 4.79 Å². The average molecular weight is 245 g/mol. The highest BCUT2D eigenvalue weighted by molar-refractivity contribution is 5.86. The molecule has 3 nitrogen and oxygen atoms in total. The summed E-state index contributed by atoms with van der Waals surface area (Å²) in [6, 6.07) is 5.64. The Kier molecular flexibility index (Phi) is 4.38. The first kappa shape index (κ1) is 14.1. The van der Waals surface area contributed by atoms with Gasteiger partial charge in [0.1, 0.15) is 5.60 Å². The molecule has 0 fully saturated rings. The van der Waals surface area contributed by atoms with Crippen molar-refractivity contribution in [3.05, 3.63) is 29.3 Å². The van der Waals surface area contributed by atoms with E-state index < -0.39 is 11.7 Å². The summed E-state index contributed by atoms with van der Waals surface area (Å²) in [6.07, 6.45) is -0.445. The van der Waals surface area contributed by atoms with Gasteiger partial charge in [0.05, 0.1) is 0 Å². The van der Waals surface area contributed by atoms with Crippen molar-refractivity contribution < 1.29 is 9.53 Å². The zero-order valence-corrected chi connectivity index (χ0v) is 11.5. The third kappa shape index (κ3) is 4.50. The molecule has 1 N–H and O–H groups in total. The average Bonchev–Trinajstić information content (AvgIpc) is 2.20. The minimum absolute atomic E-state index is 0.445. The molecule has 3 heteroatoms. The molecule has 0 heterocycles. The van der Waals surface area contributed by atoms with Crippen LogP contribution >= 0.6 is 0 Å². The Bertz CT molecular complexity index is 501. The minimum Gasteiger partial charge on any atom is -0.444 e. The number of hydrogen-bond acceptors (Lipinski definition) is 2. The van der Waals surface area contributed by atoms with Gasteiger partial charge in [0.2, 0.25) is 0 Å². The summed E-state index contributed by atoms with van der Waals surface area (Å²) >= 11 is 0. The molecule has 1 aromatic carbocycles. The Morgan fingerprint density at radius 2 is 2.00 bits per heavy atom. The van der Waals surface area contributed by atoms with Crippen LogP contribution in [0.1, 0.15) is 38.8 Å². The molecule has 0 unspecified atom stereocenters. The van der Waals surface area contributed by atoms with E-state index in [-0.39, 0.29) is 0 Å². The van der Waals surface area contributed by atoms with Crippen molar-refractivity contribution in [2.45, 2.75) is 40.2 Å². The van der Waals surface area contributed by atoms with E-state index in [1.165, 1.54) is 0 Å². The van der Waals surface area contributed by atoms with Gasteiger partial charge in [0.25, 0.3) is 0 Å². The van der Waals surface area contributed by atoms with E-state index in [4.69, 9.17) is 4.74 Å². The highest BCUT2D eigenvalue weighted by atomic mass is 16.6. The van der Waals surface area contributed by atoms with Crippen molar-refractivity contribution in [3.63, 3.8) is 0 Å². The summed E-state index contributed by atoms with van der Waals surface area (Å²) in [5, 5.41) is 2.73. The largest absolute Gasteiger partial charge is 0.444 e. The van der Waals surface area contributed by atoms with Crippen LogP contribution in [-0.2, 0) is 4.74 Å². The summed E-state index contributed by atoms with van der Waals surface area (Å²) in [7, 11) is 0. The summed E-state index contributed by atoms with van der Waals surface area (Å²) in [4.78, 5) is 11.6. The van der Waals surface area contributed by atoms with Crippen LogP contribution in [-0.4, -0.2) is 11.7 Å². The van der Waals surface area contributed by atoms with Crippen LogP contribution in [0.2, 0.25) is 0 Å². The molecule has 0 saturated carbocycles. The van der Waals surface area contributed by atoms with Crippen LogP contribution in [0.3, 0.4) is 0 Å². The highest BCUT2D eigenvalue weighted by Crippen LogP contribution is 2.17. The Morgan fingerprint density at radius 1 is 1.33 bits per heavy atom. The number of carbonyl (C=O) groups is 1. The maximum Gasteiger partial charge on any atom is 0.412 e. The molecule has 0 bridgehead atoms. The fraction of sp³-hybridized carbons (Fsp3) is 0.400. The standard InChI is InChI=1S/C15H19NO2/c1-6-7-12-8-9-13(11(2)10-12)16-14(17)18-15(3,4)5/h8-10H,1-5H3,(H,16,17). The second-order valence-corrected chi connectivity index (χ2v) is 5.03. The number of amides is 1. The lowest BCUT2D eigenvalue weighted by molar-refractivity contribution is 0.0636. The van der Waals surface area contributed by atoms with Gasteiger partial charge in [-0.2, -0.15) is 0 Å². The number of hydrogen-bond donors (Lipinski definition) is 1. The maximum absolute atomic E-state index is 11.6. The van der Waals surface area contributed by atoms with Crippen molar-refractivity contribution in [2.24, 2.45) is 0 Å². The normalized spacial score (nSPS) is 10.3. The molecule has 96 valence electrons. The molecule has 1 rings (SSSR count). The van der Waals surface area contributed by atoms with Crippen molar-refractivity contribution in [1.82, 2.24) is 0 Å². The van der Waals surface area contributed by atoms with Gasteiger partial charge in [0, 0.05) is 11.3 Å². The molecule has 18 heavy (non-hydrogen) atoms. The molecule has 0 aliphatic rings. The van der Waals surface area contributed by atoms with Crippen LogP contribution < -0.4 is 5.32 Å². The summed E-state index contributed by atoms with van der Waals surface area (Å²) in [5.41, 5.74) is 2.14. The summed E-state index contributed by atoms with van der Waals surface area (Å²) < 4.78 is 5.20. The van der Waals surface area contributed by atoms with Gasteiger partial charge in [-0.05, 0) is 58.4 Å². The van der Waals surface area contributed by atoms with Gasteiger partial charge in [0.15, 0.2) is 0 Å². The Hall–Kier alpha value is -1.95. The van der Waals surface area contributed by atoms with Crippen LogP contribution in [0.15, 0.2) is 18.2 Å². The first-order chi connectivity index (χ1) is 8.31. The van der Waals surface area contributed by atoms with E-state index in [1.54, 1.807) is 6.92 Å². The number of anilines is 1. The molecule has 0 aromatic heterocycles. The smallest absolute Gasteiger partial charge is 0.412 e. The molecule has 1 amide bonds. The lowest BCUT2D eigenvalue weighted by atomic mass is 10.1. The first-order valence-corrected chi connectivity index (χ1v) is 5.85. The monoisotopic (exact) mass is 245 g/mol. The van der Waals surface area contributed by atoms with Gasteiger partial charge in [-0.25, -0.2) is 4.79 Å². The van der Waals surface area contributed by atoms with Crippen molar-refractivity contribution >= 4 is 11.8 Å². The molecular formula is C15H19NO2. The molecule has 1 aromatic rings. The molecule has 0 spiro atoms. The number of nitrogens with one attached hydrogen (secondary N) is 1. The van der Waals surface area contributed by atoms with Gasteiger partial charge < -0.3 is 4.74 Å². The Morgan fingerprint density at radius 3 is 2.50 bits per heavy atom. The fourth-order valence-corrected chi connectivity index (χ4v) is 1.44. The molecule has 0 radical (unpaired) electrons. The van der Waals surface area contributed by atoms with Crippen LogP contribution in [0.4, 0.5) is 10.5 Å². The van der Waals surface area contributed by atoms with Gasteiger partial charge >= 0.3 is 6.09 Å². The Balaban J connectivity index is 2.79. The van der Waals surface area contributed by atoms with E-state index in [2.05, 4.69) is 17.2 Å². The highest BCUT2D eigenvalue weighted by Gasteiger charge is 2.16. The minimum atomic E-state index is -0.494. The van der Waals surface area contributed by atoms with Crippen molar-refractivity contribution in [1.29, 1.82) is 0 Å². The lowest BCUT2D eigenvalue weighted by Gasteiger charge is -2.20. The number of carbonyl (C=O) groups excluding carboxylic acids is 1. The zero-order valence-electron chi connectivity index (χ0n) is 11.5. The predicted octanol–water partition coefficient (Wildman–Crippen LogP) is 3.71. The number of ether oxygens (including phenoxy) is 1. The fourth-order valence-electron chi connectivity index (χ4n) is 1.44. The lowest BCUT2D eigenvalue weighted by Crippen LogP contribution is -2.27. The molecule has 0 atom stereocenters. The second kappa shape index (κ2) is 5.59. The van der Waals surface area contributed by atoms with Gasteiger partial charge in [-0.1, -0.05) is 5.92 Å². The van der Waals surface area contributed by atoms with Crippen molar-refractivity contribution in [3.8, 4) is 11.8 Å². The third-order valence-electron chi connectivity index (χ3n) is 2.13. The second-order valence-electron chi connectivity index (χ2n) is 5.03. The molecule has 0 aliphatic carbocycles. The Labute approximate surface area is 109 Å². The predicted molar refractivity (Wildman–Crippen MR) is 73.6 cm³/mol. The third-order valence-corrected chi connectivity index (χ3v) is 2.13. The first-order valence-electron chi connectivity index (χ1n) is 5.85. The van der Waals surface area contributed by atoms with Crippen LogP contribution in [0, 0.1) is 18.8 Å². The topological polar surface area (TPSA) is 38.3 Å². The number of aryl methyl sites for hydroxylation is 1.